The predicted molar refractivity (Wildman–Crippen MR) is 109 cm³/mol. The average molecular weight is 428 g/mol. The fourth-order valence-electron chi connectivity index (χ4n) is 3.59. The van der Waals surface area contributed by atoms with Gasteiger partial charge < -0.3 is 15.5 Å². The first kappa shape index (κ1) is 18.4. The monoisotopic (exact) mass is 428 g/mol. The summed E-state index contributed by atoms with van der Waals surface area (Å²) in [6.45, 7) is 2.01. The van der Waals surface area contributed by atoms with Crippen LogP contribution in [0.4, 0.5) is 5.69 Å². The van der Waals surface area contributed by atoms with E-state index in [1.807, 2.05) is 7.05 Å². The number of halogens is 1. The molecule has 0 spiro atoms. The zero-order chi connectivity index (χ0) is 15.4. The molecular formula is C18H29IN4. The van der Waals surface area contributed by atoms with Crippen LogP contribution in [-0.2, 0) is 13.0 Å². The second-order valence-electron chi connectivity index (χ2n) is 6.54. The molecule has 128 valence electrons. The summed E-state index contributed by atoms with van der Waals surface area (Å²) in [7, 11) is 4.04. The van der Waals surface area contributed by atoms with Gasteiger partial charge in [-0.05, 0) is 42.9 Å². The van der Waals surface area contributed by atoms with Gasteiger partial charge in [-0.15, -0.1) is 24.0 Å². The summed E-state index contributed by atoms with van der Waals surface area (Å²) in [4.78, 5) is 6.71. The molecular weight excluding hydrogens is 399 g/mol. The van der Waals surface area contributed by atoms with E-state index in [0.29, 0.717) is 6.04 Å². The molecule has 2 aliphatic rings. The van der Waals surface area contributed by atoms with E-state index in [2.05, 4.69) is 45.8 Å². The first-order valence-corrected chi connectivity index (χ1v) is 8.56. The Bertz CT molecular complexity index is 538. The third-order valence-electron chi connectivity index (χ3n) is 4.87. The van der Waals surface area contributed by atoms with Crippen molar-refractivity contribution in [1.29, 1.82) is 0 Å². The summed E-state index contributed by atoms with van der Waals surface area (Å²) < 4.78 is 0. The van der Waals surface area contributed by atoms with E-state index in [9.17, 15) is 0 Å². The maximum Gasteiger partial charge on any atom is 0.191 e. The number of hydrogen-bond donors (Lipinski definition) is 2. The Morgan fingerprint density at radius 3 is 2.78 bits per heavy atom. The van der Waals surface area contributed by atoms with Gasteiger partial charge in [0.05, 0.1) is 0 Å². The van der Waals surface area contributed by atoms with Gasteiger partial charge in [0.1, 0.15) is 0 Å². The minimum atomic E-state index is 0. The number of fused-ring (bicyclic) bond motifs is 1. The normalized spacial score (nSPS) is 18.3. The number of nitrogens with zero attached hydrogens (tertiary/aromatic N) is 2. The molecule has 2 N–H and O–H groups in total. The zero-order valence-electron chi connectivity index (χ0n) is 14.3. The highest BCUT2D eigenvalue weighted by Crippen LogP contribution is 2.26. The number of guanidine groups is 1. The van der Waals surface area contributed by atoms with E-state index in [-0.39, 0.29) is 24.0 Å². The number of hydrogen-bond acceptors (Lipinski definition) is 2. The lowest BCUT2D eigenvalue weighted by Crippen LogP contribution is -2.41. The van der Waals surface area contributed by atoms with E-state index in [1.165, 1.54) is 61.9 Å². The smallest absolute Gasteiger partial charge is 0.191 e. The lowest BCUT2D eigenvalue weighted by atomic mass is 9.99. The van der Waals surface area contributed by atoms with Crippen molar-refractivity contribution in [3.63, 3.8) is 0 Å². The number of aliphatic imine (C=N–C) groups is 1. The number of benzene rings is 1. The molecule has 4 nitrogen and oxygen atoms in total. The van der Waals surface area contributed by atoms with E-state index in [4.69, 9.17) is 0 Å². The Labute approximate surface area is 157 Å². The zero-order valence-corrected chi connectivity index (χ0v) is 16.6. The van der Waals surface area contributed by atoms with E-state index in [0.717, 1.165) is 12.5 Å². The highest BCUT2D eigenvalue weighted by molar-refractivity contribution is 14.0. The first-order chi connectivity index (χ1) is 10.8. The SMILES string of the molecule is CN=C(NCc1ccc2c(c1)CCCN2C)NC1CCCC1.I. The van der Waals surface area contributed by atoms with Crippen LogP contribution in [0.2, 0.25) is 0 Å². The first-order valence-electron chi connectivity index (χ1n) is 8.56. The van der Waals surface area contributed by atoms with Crippen LogP contribution in [-0.4, -0.2) is 32.6 Å². The summed E-state index contributed by atoms with van der Waals surface area (Å²) in [5.41, 5.74) is 4.21. The molecule has 1 aliphatic heterocycles. The van der Waals surface area contributed by atoms with E-state index < -0.39 is 0 Å². The minimum Gasteiger partial charge on any atom is -0.374 e. The standard InChI is InChI=1S/C18H28N4.HI/c1-19-18(21-16-7-3-4-8-16)20-13-14-9-10-17-15(12-14)6-5-11-22(17)2;/h9-10,12,16H,3-8,11,13H2,1-2H3,(H2,19,20,21);1H. The highest BCUT2D eigenvalue weighted by atomic mass is 127. The number of rotatable bonds is 3. The summed E-state index contributed by atoms with van der Waals surface area (Å²) in [5, 5.41) is 6.99. The Morgan fingerprint density at radius 2 is 2.04 bits per heavy atom. The average Bonchev–Trinajstić information content (AvgIpc) is 3.04. The van der Waals surface area contributed by atoms with Crippen LogP contribution in [0.3, 0.4) is 0 Å². The number of aryl methyl sites for hydroxylation is 1. The predicted octanol–water partition coefficient (Wildman–Crippen LogP) is 3.29. The molecule has 0 bridgehead atoms. The van der Waals surface area contributed by atoms with Crippen LogP contribution < -0.4 is 15.5 Å². The van der Waals surface area contributed by atoms with Crippen molar-refractivity contribution in [3.8, 4) is 0 Å². The van der Waals surface area contributed by atoms with Gasteiger partial charge >= 0.3 is 0 Å². The van der Waals surface area contributed by atoms with Crippen LogP contribution in [0.25, 0.3) is 0 Å². The molecule has 1 saturated carbocycles. The summed E-state index contributed by atoms with van der Waals surface area (Å²) in [6.07, 6.45) is 7.67. The van der Waals surface area contributed by atoms with Crippen LogP contribution in [0, 0.1) is 0 Å². The second-order valence-corrected chi connectivity index (χ2v) is 6.54. The molecule has 5 heteroatoms. The number of anilines is 1. The van der Waals surface area contributed by atoms with Crippen molar-refractivity contribution in [3.05, 3.63) is 29.3 Å². The van der Waals surface area contributed by atoms with Crippen LogP contribution in [0.1, 0.15) is 43.2 Å². The maximum atomic E-state index is 4.35. The lowest BCUT2D eigenvalue weighted by Gasteiger charge is -2.28. The number of nitrogens with one attached hydrogen (secondary N) is 2. The van der Waals surface area contributed by atoms with Crippen molar-refractivity contribution >= 4 is 35.6 Å². The molecule has 0 saturated heterocycles. The molecule has 1 aromatic carbocycles. The van der Waals surface area contributed by atoms with E-state index in [1.54, 1.807) is 0 Å². The van der Waals surface area contributed by atoms with E-state index >= 15 is 0 Å². The molecule has 23 heavy (non-hydrogen) atoms. The summed E-state index contributed by atoms with van der Waals surface area (Å²) in [6, 6.07) is 7.44. The molecule has 0 unspecified atom stereocenters. The fraction of sp³-hybridized carbons (Fsp3) is 0.611. The van der Waals surface area contributed by atoms with Crippen molar-refractivity contribution in [2.75, 3.05) is 25.5 Å². The molecule has 3 rings (SSSR count). The Kier molecular flexibility index (Phi) is 6.99. The summed E-state index contributed by atoms with van der Waals surface area (Å²) in [5.74, 6) is 0.932. The van der Waals surface area contributed by atoms with Gasteiger partial charge in [0, 0.05) is 38.9 Å². The van der Waals surface area contributed by atoms with Gasteiger partial charge in [0.15, 0.2) is 5.96 Å². The molecule has 1 aromatic rings. The fourth-order valence-corrected chi connectivity index (χ4v) is 3.59. The molecule has 1 fully saturated rings. The molecule has 0 aromatic heterocycles. The van der Waals surface area contributed by atoms with Gasteiger partial charge in [-0.25, -0.2) is 0 Å². The molecule has 0 amide bonds. The third kappa shape index (κ3) is 4.75. The molecule has 1 heterocycles. The quantitative estimate of drug-likeness (QED) is 0.441. The lowest BCUT2D eigenvalue weighted by molar-refractivity contribution is 0.613. The Balaban J connectivity index is 0.00000192. The van der Waals surface area contributed by atoms with Crippen molar-refractivity contribution in [2.24, 2.45) is 4.99 Å². The molecule has 0 atom stereocenters. The third-order valence-corrected chi connectivity index (χ3v) is 4.87. The van der Waals surface area contributed by atoms with Crippen molar-refractivity contribution in [1.82, 2.24) is 10.6 Å². The second kappa shape index (κ2) is 8.76. The van der Waals surface area contributed by atoms with Crippen LogP contribution >= 0.6 is 24.0 Å². The van der Waals surface area contributed by atoms with Crippen LogP contribution in [0.15, 0.2) is 23.2 Å². The van der Waals surface area contributed by atoms with Gasteiger partial charge in [-0.1, -0.05) is 25.0 Å². The van der Waals surface area contributed by atoms with Gasteiger partial charge in [0.2, 0.25) is 0 Å². The summed E-state index contributed by atoms with van der Waals surface area (Å²) >= 11 is 0. The van der Waals surface area contributed by atoms with Gasteiger partial charge in [0.25, 0.3) is 0 Å². The minimum absolute atomic E-state index is 0. The van der Waals surface area contributed by atoms with Crippen LogP contribution in [0.5, 0.6) is 0 Å². The highest BCUT2D eigenvalue weighted by Gasteiger charge is 2.16. The Morgan fingerprint density at radius 1 is 1.26 bits per heavy atom. The maximum absolute atomic E-state index is 4.35. The van der Waals surface area contributed by atoms with Crippen molar-refractivity contribution in [2.45, 2.75) is 51.1 Å². The topological polar surface area (TPSA) is 39.7 Å². The van der Waals surface area contributed by atoms with Gasteiger partial charge in [-0.2, -0.15) is 0 Å². The van der Waals surface area contributed by atoms with Crippen molar-refractivity contribution < 1.29 is 0 Å². The Hall–Kier alpha value is -0.980. The van der Waals surface area contributed by atoms with Gasteiger partial charge in [-0.3, -0.25) is 4.99 Å². The largest absolute Gasteiger partial charge is 0.374 e. The molecule has 1 aliphatic carbocycles. The molecule has 0 radical (unpaired) electrons.